The first-order valence-electron chi connectivity index (χ1n) is 8.62. The van der Waals surface area contributed by atoms with E-state index in [2.05, 4.69) is 33.9 Å². The van der Waals surface area contributed by atoms with Gasteiger partial charge in [-0.3, -0.25) is 9.59 Å². The van der Waals surface area contributed by atoms with Crippen LogP contribution in [0.3, 0.4) is 0 Å². The van der Waals surface area contributed by atoms with Gasteiger partial charge in [0.1, 0.15) is 0 Å². The van der Waals surface area contributed by atoms with Crippen LogP contribution in [0.4, 0.5) is 5.69 Å². The molecule has 0 saturated carbocycles. The number of amides is 2. The summed E-state index contributed by atoms with van der Waals surface area (Å²) >= 11 is 1.36. The van der Waals surface area contributed by atoms with Crippen LogP contribution in [0.25, 0.3) is 5.69 Å². The molecule has 3 rings (SSSR count). The summed E-state index contributed by atoms with van der Waals surface area (Å²) in [5.74, 6) is -0.276. The second-order valence-electron chi connectivity index (χ2n) is 6.48. The van der Waals surface area contributed by atoms with Crippen LogP contribution in [-0.2, 0) is 11.3 Å². The van der Waals surface area contributed by atoms with Gasteiger partial charge in [-0.25, -0.2) is 4.68 Å². The molecule has 6 nitrogen and oxygen atoms in total. The maximum absolute atomic E-state index is 12.6. The van der Waals surface area contributed by atoms with E-state index < -0.39 is 0 Å². The second-order valence-corrected chi connectivity index (χ2v) is 7.64. The van der Waals surface area contributed by atoms with Crippen LogP contribution in [-0.4, -0.2) is 21.6 Å². The normalized spacial score (nSPS) is 10.7. The fourth-order valence-corrected chi connectivity index (χ4v) is 3.56. The van der Waals surface area contributed by atoms with Crippen molar-refractivity contribution in [3.05, 3.63) is 63.1 Å². The van der Waals surface area contributed by atoms with Crippen molar-refractivity contribution in [3.63, 3.8) is 0 Å². The Labute approximate surface area is 162 Å². The third-order valence-corrected chi connectivity index (χ3v) is 5.33. The van der Waals surface area contributed by atoms with Crippen LogP contribution in [0.1, 0.15) is 38.3 Å². The lowest BCUT2D eigenvalue weighted by molar-refractivity contribution is -0.119. The second kappa shape index (κ2) is 7.75. The van der Waals surface area contributed by atoms with Crippen molar-refractivity contribution in [2.75, 3.05) is 5.32 Å². The highest BCUT2D eigenvalue weighted by atomic mass is 32.1. The molecule has 0 aliphatic carbocycles. The molecule has 0 aliphatic heterocycles. The lowest BCUT2D eigenvalue weighted by Gasteiger charge is -2.10. The van der Waals surface area contributed by atoms with Crippen LogP contribution in [0.5, 0.6) is 0 Å². The maximum atomic E-state index is 12.6. The van der Waals surface area contributed by atoms with Gasteiger partial charge >= 0.3 is 0 Å². The van der Waals surface area contributed by atoms with Gasteiger partial charge in [0.15, 0.2) is 0 Å². The number of benzene rings is 1. The Morgan fingerprint density at radius 3 is 2.67 bits per heavy atom. The first-order valence-corrected chi connectivity index (χ1v) is 9.43. The Bertz CT molecular complexity index is 1000. The van der Waals surface area contributed by atoms with Crippen LogP contribution in [0.15, 0.2) is 36.5 Å². The minimum atomic E-state index is -0.183. The van der Waals surface area contributed by atoms with Gasteiger partial charge < -0.3 is 10.6 Å². The molecule has 2 amide bonds. The topological polar surface area (TPSA) is 76.0 Å². The lowest BCUT2D eigenvalue weighted by atomic mass is 10.1. The van der Waals surface area contributed by atoms with Crippen LogP contribution < -0.4 is 10.6 Å². The zero-order valence-electron chi connectivity index (χ0n) is 15.8. The van der Waals surface area contributed by atoms with E-state index in [1.165, 1.54) is 18.3 Å². The molecule has 0 bridgehead atoms. The highest BCUT2D eigenvalue weighted by Crippen LogP contribution is 2.23. The Balaban J connectivity index is 1.77. The van der Waals surface area contributed by atoms with Gasteiger partial charge in [0.05, 0.1) is 34.7 Å². The molecule has 2 aromatic heterocycles. The number of aryl methyl sites for hydroxylation is 2. The van der Waals surface area contributed by atoms with E-state index in [0.29, 0.717) is 17.1 Å². The van der Waals surface area contributed by atoms with Crippen molar-refractivity contribution < 1.29 is 9.59 Å². The SMILES string of the molecule is CC(=O)NCc1ccc(C(=O)Nc2cnn(-c3cc(C)ccc3C)c2C)s1. The number of nitrogens with one attached hydrogen (secondary N) is 2. The molecule has 0 unspecified atom stereocenters. The summed E-state index contributed by atoms with van der Waals surface area (Å²) in [5.41, 5.74) is 4.82. The van der Waals surface area contributed by atoms with Crippen LogP contribution in [0.2, 0.25) is 0 Å². The number of nitrogens with zero attached hydrogens (tertiary/aromatic N) is 2. The van der Waals surface area contributed by atoms with E-state index >= 15 is 0 Å². The van der Waals surface area contributed by atoms with Crippen molar-refractivity contribution >= 4 is 28.8 Å². The zero-order chi connectivity index (χ0) is 19.6. The molecule has 140 valence electrons. The number of hydrogen-bond donors (Lipinski definition) is 2. The number of hydrogen-bond acceptors (Lipinski definition) is 4. The Morgan fingerprint density at radius 1 is 1.15 bits per heavy atom. The van der Waals surface area contributed by atoms with E-state index in [9.17, 15) is 9.59 Å². The summed E-state index contributed by atoms with van der Waals surface area (Å²) in [6.45, 7) is 7.91. The van der Waals surface area contributed by atoms with Crippen molar-refractivity contribution in [2.45, 2.75) is 34.2 Å². The summed E-state index contributed by atoms with van der Waals surface area (Å²) in [4.78, 5) is 25.1. The number of aromatic nitrogens is 2. The maximum Gasteiger partial charge on any atom is 0.265 e. The molecule has 0 fully saturated rings. The highest BCUT2D eigenvalue weighted by Gasteiger charge is 2.15. The summed E-state index contributed by atoms with van der Waals surface area (Å²) in [7, 11) is 0. The summed E-state index contributed by atoms with van der Waals surface area (Å²) in [6.07, 6.45) is 1.67. The van der Waals surface area contributed by atoms with E-state index in [1.807, 2.05) is 31.5 Å². The molecule has 0 saturated heterocycles. The third kappa shape index (κ3) is 4.25. The quantitative estimate of drug-likeness (QED) is 0.706. The largest absolute Gasteiger partial charge is 0.351 e. The molecule has 0 aliphatic rings. The van der Waals surface area contributed by atoms with Crippen molar-refractivity contribution in [1.82, 2.24) is 15.1 Å². The van der Waals surface area contributed by atoms with Gasteiger partial charge in [-0.15, -0.1) is 11.3 Å². The van der Waals surface area contributed by atoms with E-state index in [-0.39, 0.29) is 11.8 Å². The van der Waals surface area contributed by atoms with Crippen LogP contribution in [0, 0.1) is 20.8 Å². The molecular formula is C20H22N4O2S. The van der Waals surface area contributed by atoms with Gasteiger partial charge in [0, 0.05) is 11.8 Å². The van der Waals surface area contributed by atoms with Gasteiger partial charge in [-0.05, 0) is 50.1 Å². The number of thiophene rings is 1. The van der Waals surface area contributed by atoms with Crippen molar-refractivity contribution in [1.29, 1.82) is 0 Å². The van der Waals surface area contributed by atoms with E-state index in [4.69, 9.17) is 0 Å². The third-order valence-electron chi connectivity index (χ3n) is 4.25. The molecule has 2 N–H and O–H groups in total. The number of carbonyl (C=O) groups is 2. The summed E-state index contributed by atoms with van der Waals surface area (Å²) < 4.78 is 1.84. The molecule has 27 heavy (non-hydrogen) atoms. The molecule has 7 heteroatoms. The fraction of sp³-hybridized carbons (Fsp3) is 0.250. The molecule has 0 spiro atoms. The van der Waals surface area contributed by atoms with Gasteiger partial charge in [-0.2, -0.15) is 5.10 Å². The highest BCUT2D eigenvalue weighted by molar-refractivity contribution is 7.14. The number of anilines is 1. The Hall–Kier alpha value is -2.93. The monoisotopic (exact) mass is 382 g/mol. The zero-order valence-corrected chi connectivity index (χ0v) is 16.6. The first kappa shape index (κ1) is 18.8. The van der Waals surface area contributed by atoms with Crippen LogP contribution >= 0.6 is 11.3 Å². The molecule has 0 atom stereocenters. The predicted molar refractivity (Wildman–Crippen MR) is 108 cm³/mol. The Morgan fingerprint density at radius 2 is 1.93 bits per heavy atom. The fourth-order valence-electron chi connectivity index (χ4n) is 2.71. The minimum Gasteiger partial charge on any atom is -0.351 e. The number of rotatable bonds is 5. The first-order chi connectivity index (χ1) is 12.8. The average molecular weight is 382 g/mol. The van der Waals surface area contributed by atoms with Crippen molar-refractivity contribution in [3.8, 4) is 5.69 Å². The van der Waals surface area contributed by atoms with Gasteiger partial charge in [0.2, 0.25) is 5.91 Å². The number of carbonyl (C=O) groups excluding carboxylic acids is 2. The van der Waals surface area contributed by atoms with E-state index in [0.717, 1.165) is 27.4 Å². The van der Waals surface area contributed by atoms with Crippen molar-refractivity contribution in [2.24, 2.45) is 0 Å². The summed E-state index contributed by atoms with van der Waals surface area (Å²) in [5, 5.41) is 10.1. The van der Waals surface area contributed by atoms with E-state index in [1.54, 1.807) is 12.3 Å². The molecule has 3 aromatic rings. The summed E-state index contributed by atoms with van der Waals surface area (Å²) in [6, 6.07) is 9.82. The minimum absolute atomic E-state index is 0.0936. The Kier molecular flexibility index (Phi) is 5.41. The average Bonchev–Trinajstić information content (AvgIpc) is 3.23. The molecule has 0 radical (unpaired) electrons. The molecule has 2 heterocycles. The van der Waals surface area contributed by atoms with Gasteiger partial charge in [-0.1, -0.05) is 12.1 Å². The lowest BCUT2D eigenvalue weighted by Crippen LogP contribution is -2.18. The smallest absolute Gasteiger partial charge is 0.265 e. The standard InChI is InChI=1S/C20H22N4O2S/c1-12-5-6-13(2)18(9-12)24-14(3)17(11-22-24)23-20(26)19-8-7-16(27-19)10-21-15(4)25/h5-9,11H,10H2,1-4H3,(H,21,25)(H,23,26). The molecular weight excluding hydrogens is 360 g/mol. The van der Waals surface area contributed by atoms with Gasteiger partial charge in [0.25, 0.3) is 5.91 Å². The molecule has 1 aromatic carbocycles. The predicted octanol–water partition coefficient (Wildman–Crippen LogP) is 3.75.